The van der Waals surface area contributed by atoms with Gasteiger partial charge in [-0.2, -0.15) is 0 Å². The first-order valence-electron chi connectivity index (χ1n) is 13.1. The number of hydrogen-bond donors (Lipinski definition) is 0. The van der Waals surface area contributed by atoms with Crippen molar-refractivity contribution in [2.45, 2.75) is 38.3 Å². The van der Waals surface area contributed by atoms with E-state index in [0.717, 1.165) is 68.9 Å². The van der Waals surface area contributed by atoms with Crippen LogP contribution in [-0.2, 0) is 17.8 Å². The van der Waals surface area contributed by atoms with E-state index in [1.165, 1.54) is 11.3 Å². The van der Waals surface area contributed by atoms with E-state index in [9.17, 15) is 4.79 Å². The Morgan fingerprint density at radius 1 is 0.889 bits per heavy atom. The molecule has 3 aromatic rings. The van der Waals surface area contributed by atoms with Crippen LogP contribution < -0.4 is 9.47 Å². The van der Waals surface area contributed by atoms with E-state index in [4.69, 9.17) is 9.47 Å². The predicted octanol–water partition coefficient (Wildman–Crippen LogP) is 4.78. The van der Waals surface area contributed by atoms with Crippen LogP contribution in [-0.4, -0.2) is 60.7 Å². The first-order chi connectivity index (χ1) is 17.6. The van der Waals surface area contributed by atoms with Crippen molar-refractivity contribution in [2.24, 2.45) is 5.92 Å². The van der Waals surface area contributed by atoms with Gasteiger partial charge >= 0.3 is 0 Å². The second-order valence-electron chi connectivity index (χ2n) is 10.0. The normalized spacial score (nSPS) is 18.9. The van der Waals surface area contributed by atoms with E-state index >= 15 is 0 Å². The van der Waals surface area contributed by atoms with Gasteiger partial charge in [-0.25, -0.2) is 0 Å². The molecule has 1 unspecified atom stereocenters. The second kappa shape index (κ2) is 11.2. The largest absolute Gasteiger partial charge is 0.497 e. The molecule has 0 N–H and O–H groups in total. The molecule has 1 aromatic heterocycles. The molecular weight excluding hydrogens is 450 g/mol. The Kier molecular flexibility index (Phi) is 7.61. The number of benzene rings is 2. The van der Waals surface area contributed by atoms with Crippen molar-refractivity contribution in [2.75, 3.05) is 40.4 Å². The van der Waals surface area contributed by atoms with Crippen LogP contribution in [0.5, 0.6) is 11.5 Å². The summed E-state index contributed by atoms with van der Waals surface area (Å²) in [6.07, 6.45) is 6.39. The molecule has 190 valence electrons. The van der Waals surface area contributed by atoms with Gasteiger partial charge in [0.2, 0.25) is 5.91 Å². The molecule has 2 aliphatic heterocycles. The number of piperidine rings is 1. The van der Waals surface area contributed by atoms with E-state index in [-0.39, 0.29) is 11.9 Å². The summed E-state index contributed by atoms with van der Waals surface area (Å²) >= 11 is 0. The summed E-state index contributed by atoms with van der Waals surface area (Å²) in [5.41, 5.74) is 3.69. The molecule has 1 amide bonds. The number of aromatic nitrogens is 1. The molecule has 5 rings (SSSR count). The van der Waals surface area contributed by atoms with Crippen molar-refractivity contribution in [3.63, 3.8) is 0 Å². The fourth-order valence-corrected chi connectivity index (χ4v) is 5.79. The molecule has 6 nitrogen and oxygen atoms in total. The van der Waals surface area contributed by atoms with Crippen molar-refractivity contribution < 1.29 is 14.3 Å². The number of amides is 1. The highest BCUT2D eigenvalue weighted by molar-refractivity contribution is 5.78. The lowest BCUT2D eigenvalue weighted by Gasteiger charge is -2.35. The number of aryl methyl sites for hydroxylation is 1. The molecule has 1 saturated heterocycles. The minimum Gasteiger partial charge on any atom is -0.497 e. The Balaban J connectivity index is 1.31. The van der Waals surface area contributed by atoms with E-state index in [2.05, 4.69) is 75.2 Å². The lowest BCUT2D eigenvalue weighted by atomic mass is 9.90. The lowest BCUT2D eigenvalue weighted by Crippen LogP contribution is -2.45. The number of carbonyl (C=O) groups is 1. The molecule has 2 aliphatic rings. The van der Waals surface area contributed by atoms with Gasteiger partial charge in [-0.15, -0.1) is 0 Å². The standard InChI is InChI=1S/C30H37N3O3/c1-35-26-19-25(20-27(21-26)36-2)30-28-10-6-13-31(28)14-7-15-33(30)22-29(34)32-16-11-24(12-17-32)18-23-8-4-3-5-9-23/h3-6,8-10,13,19-21,24,30H,7,11-12,14-18,22H2,1-2H3. The van der Waals surface area contributed by atoms with Gasteiger partial charge in [0.05, 0.1) is 26.8 Å². The monoisotopic (exact) mass is 487 g/mol. The highest BCUT2D eigenvalue weighted by atomic mass is 16.5. The zero-order chi connectivity index (χ0) is 24.9. The molecule has 0 saturated carbocycles. The van der Waals surface area contributed by atoms with Crippen LogP contribution in [0.4, 0.5) is 0 Å². The maximum Gasteiger partial charge on any atom is 0.236 e. The van der Waals surface area contributed by atoms with Gasteiger partial charge in [0.1, 0.15) is 11.5 Å². The summed E-state index contributed by atoms with van der Waals surface area (Å²) in [4.78, 5) is 18.0. The summed E-state index contributed by atoms with van der Waals surface area (Å²) in [5, 5.41) is 0. The second-order valence-corrected chi connectivity index (χ2v) is 10.0. The number of methoxy groups -OCH3 is 2. The van der Waals surface area contributed by atoms with Crippen LogP contribution in [0.3, 0.4) is 0 Å². The quantitative estimate of drug-likeness (QED) is 0.481. The van der Waals surface area contributed by atoms with Crippen molar-refractivity contribution in [1.29, 1.82) is 0 Å². The number of ether oxygens (including phenoxy) is 2. The van der Waals surface area contributed by atoms with Crippen molar-refractivity contribution in [3.05, 3.63) is 83.7 Å². The topological polar surface area (TPSA) is 46.9 Å². The average molecular weight is 488 g/mol. The van der Waals surface area contributed by atoms with Gasteiger partial charge in [-0.1, -0.05) is 30.3 Å². The van der Waals surface area contributed by atoms with Crippen LogP contribution >= 0.6 is 0 Å². The van der Waals surface area contributed by atoms with Crippen molar-refractivity contribution in [3.8, 4) is 11.5 Å². The fraction of sp³-hybridized carbons (Fsp3) is 0.433. The third-order valence-corrected chi connectivity index (χ3v) is 7.72. The zero-order valence-electron chi connectivity index (χ0n) is 21.4. The molecule has 0 bridgehead atoms. The van der Waals surface area contributed by atoms with E-state index in [0.29, 0.717) is 12.5 Å². The van der Waals surface area contributed by atoms with Gasteiger partial charge in [-0.3, -0.25) is 9.69 Å². The highest BCUT2D eigenvalue weighted by Gasteiger charge is 2.31. The first-order valence-corrected chi connectivity index (χ1v) is 13.1. The molecular formula is C30H37N3O3. The van der Waals surface area contributed by atoms with Gasteiger partial charge in [0.25, 0.3) is 0 Å². The van der Waals surface area contributed by atoms with Crippen molar-refractivity contribution >= 4 is 5.91 Å². The number of nitrogens with zero attached hydrogens (tertiary/aromatic N) is 3. The van der Waals surface area contributed by atoms with Crippen LogP contribution in [0.15, 0.2) is 66.9 Å². The number of carbonyl (C=O) groups excluding carboxylic acids is 1. The van der Waals surface area contributed by atoms with Crippen LogP contribution in [0.25, 0.3) is 0 Å². The molecule has 0 spiro atoms. The minimum atomic E-state index is -0.0360. The summed E-state index contributed by atoms with van der Waals surface area (Å²) in [7, 11) is 3.36. The number of likely N-dealkylation sites (tertiary alicyclic amines) is 1. The van der Waals surface area contributed by atoms with Gasteiger partial charge < -0.3 is 18.9 Å². The lowest BCUT2D eigenvalue weighted by molar-refractivity contribution is -0.134. The highest BCUT2D eigenvalue weighted by Crippen LogP contribution is 2.36. The molecule has 1 atom stereocenters. The summed E-state index contributed by atoms with van der Waals surface area (Å²) in [6.45, 7) is 3.92. The fourth-order valence-electron chi connectivity index (χ4n) is 5.79. The van der Waals surface area contributed by atoms with E-state index in [1.807, 2.05) is 6.07 Å². The molecule has 3 heterocycles. The first kappa shape index (κ1) is 24.4. The molecule has 36 heavy (non-hydrogen) atoms. The Labute approximate surface area is 214 Å². The summed E-state index contributed by atoms with van der Waals surface area (Å²) in [5.74, 6) is 2.40. The molecule has 0 radical (unpaired) electrons. The number of fused-ring (bicyclic) bond motifs is 1. The average Bonchev–Trinajstić information content (AvgIpc) is 3.30. The number of hydrogen-bond acceptors (Lipinski definition) is 4. The molecule has 0 aliphatic carbocycles. The van der Waals surface area contributed by atoms with Gasteiger partial charge in [0.15, 0.2) is 0 Å². The number of rotatable bonds is 7. The maximum atomic E-state index is 13.5. The molecule has 1 fully saturated rings. The Morgan fingerprint density at radius 2 is 1.61 bits per heavy atom. The Bertz CT molecular complexity index is 1130. The van der Waals surface area contributed by atoms with Crippen LogP contribution in [0.1, 0.15) is 42.1 Å². The molecule has 2 aromatic carbocycles. The third kappa shape index (κ3) is 5.44. The van der Waals surface area contributed by atoms with E-state index in [1.54, 1.807) is 14.2 Å². The maximum absolute atomic E-state index is 13.5. The van der Waals surface area contributed by atoms with Crippen molar-refractivity contribution in [1.82, 2.24) is 14.4 Å². The van der Waals surface area contributed by atoms with E-state index < -0.39 is 0 Å². The SMILES string of the molecule is COc1cc(OC)cc(C2c3cccn3CCCN2CC(=O)N2CCC(Cc3ccccc3)CC2)c1. The van der Waals surface area contributed by atoms with Crippen LogP contribution in [0.2, 0.25) is 0 Å². The summed E-state index contributed by atoms with van der Waals surface area (Å²) < 4.78 is 13.5. The minimum absolute atomic E-state index is 0.0360. The summed E-state index contributed by atoms with van der Waals surface area (Å²) in [6, 6.07) is 21.0. The Morgan fingerprint density at radius 3 is 2.31 bits per heavy atom. The van der Waals surface area contributed by atoms with Crippen LogP contribution in [0, 0.1) is 5.92 Å². The third-order valence-electron chi connectivity index (χ3n) is 7.72. The van der Waals surface area contributed by atoms with Gasteiger partial charge in [0, 0.05) is 44.1 Å². The predicted molar refractivity (Wildman–Crippen MR) is 141 cm³/mol. The Hall–Kier alpha value is -3.25. The molecule has 6 heteroatoms. The zero-order valence-corrected chi connectivity index (χ0v) is 21.4. The van der Waals surface area contributed by atoms with Gasteiger partial charge in [-0.05, 0) is 67.0 Å². The smallest absolute Gasteiger partial charge is 0.236 e.